The van der Waals surface area contributed by atoms with Gasteiger partial charge in [0.15, 0.2) is 8.68 Å². The summed E-state index contributed by atoms with van der Waals surface area (Å²) in [4.78, 5) is 11.4. The summed E-state index contributed by atoms with van der Waals surface area (Å²) in [5, 5.41) is 7.95. The van der Waals surface area contributed by atoms with Crippen molar-refractivity contribution in [3.63, 3.8) is 0 Å². The average molecular weight is 356 g/mol. The van der Waals surface area contributed by atoms with Crippen LogP contribution in [0.25, 0.3) is 0 Å². The maximum absolute atomic E-state index is 11.4. The van der Waals surface area contributed by atoms with Crippen molar-refractivity contribution in [2.75, 3.05) is 14.2 Å². The van der Waals surface area contributed by atoms with Crippen molar-refractivity contribution in [1.82, 2.24) is 10.2 Å². The number of nitrogens with zero attached hydrogens (tertiary/aromatic N) is 2. The molecule has 1 atom stereocenters. The lowest BCUT2D eigenvalue weighted by Crippen LogP contribution is -2.14. The van der Waals surface area contributed by atoms with Gasteiger partial charge in [0.25, 0.3) is 0 Å². The summed E-state index contributed by atoms with van der Waals surface area (Å²) in [5.74, 6) is 1.41. The monoisotopic (exact) mass is 356 g/mol. The number of rotatable bonds is 7. The smallest absolute Gasteiger partial charge is 0.318 e. The topological polar surface area (TPSA) is 61.3 Å². The van der Waals surface area contributed by atoms with Gasteiger partial charge in [0.05, 0.1) is 14.2 Å². The normalized spacial score (nSPS) is 12.0. The highest BCUT2D eigenvalue weighted by atomic mass is 32.2. The molecular formula is C14H16N2O3S3. The molecule has 2 aromatic rings. The van der Waals surface area contributed by atoms with Crippen LogP contribution in [0.3, 0.4) is 0 Å². The second kappa shape index (κ2) is 8.40. The molecule has 22 heavy (non-hydrogen) atoms. The zero-order valence-electron chi connectivity index (χ0n) is 12.4. The van der Waals surface area contributed by atoms with Crippen LogP contribution in [0.2, 0.25) is 0 Å². The molecule has 0 aliphatic heterocycles. The zero-order chi connectivity index (χ0) is 15.9. The van der Waals surface area contributed by atoms with Crippen LogP contribution >= 0.6 is 34.9 Å². The minimum absolute atomic E-state index is 0.257. The maximum Gasteiger partial charge on any atom is 0.318 e. The van der Waals surface area contributed by atoms with E-state index in [-0.39, 0.29) is 11.2 Å². The van der Waals surface area contributed by atoms with Crippen molar-refractivity contribution in [3.8, 4) is 5.75 Å². The number of thioether (sulfide) groups is 2. The van der Waals surface area contributed by atoms with Crippen molar-refractivity contribution in [1.29, 1.82) is 0 Å². The minimum Gasteiger partial charge on any atom is -0.497 e. The fourth-order valence-corrected chi connectivity index (χ4v) is 4.68. The van der Waals surface area contributed by atoms with E-state index in [1.165, 1.54) is 35.8 Å². The zero-order valence-corrected chi connectivity index (χ0v) is 14.9. The van der Waals surface area contributed by atoms with Crippen LogP contribution < -0.4 is 4.74 Å². The highest BCUT2D eigenvalue weighted by Gasteiger charge is 2.17. The van der Waals surface area contributed by atoms with Crippen LogP contribution in [0.1, 0.15) is 12.5 Å². The Morgan fingerprint density at radius 2 is 1.91 bits per heavy atom. The van der Waals surface area contributed by atoms with E-state index < -0.39 is 0 Å². The Bertz CT molecular complexity index is 616. The summed E-state index contributed by atoms with van der Waals surface area (Å²) in [6.45, 7) is 1.79. The van der Waals surface area contributed by atoms with E-state index in [1.807, 2.05) is 24.3 Å². The third-order valence-electron chi connectivity index (χ3n) is 2.72. The first-order valence-electron chi connectivity index (χ1n) is 6.46. The fourth-order valence-electron chi connectivity index (χ4n) is 1.54. The number of methoxy groups -OCH3 is 2. The van der Waals surface area contributed by atoms with Gasteiger partial charge in [-0.15, -0.1) is 10.2 Å². The van der Waals surface area contributed by atoms with Gasteiger partial charge in [-0.2, -0.15) is 0 Å². The Labute approximate surface area is 141 Å². The van der Waals surface area contributed by atoms with E-state index in [1.54, 1.807) is 25.8 Å². The number of carbonyl (C=O) groups is 1. The van der Waals surface area contributed by atoms with E-state index in [0.717, 1.165) is 20.2 Å². The van der Waals surface area contributed by atoms with E-state index in [0.29, 0.717) is 0 Å². The molecule has 0 N–H and O–H groups in total. The van der Waals surface area contributed by atoms with Gasteiger partial charge in [0.2, 0.25) is 0 Å². The maximum atomic E-state index is 11.4. The molecule has 0 spiro atoms. The summed E-state index contributed by atoms with van der Waals surface area (Å²) < 4.78 is 11.5. The van der Waals surface area contributed by atoms with Gasteiger partial charge >= 0.3 is 5.97 Å². The third-order valence-corrected chi connectivity index (χ3v) is 6.01. The van der Waals surface area contributed by atoms with Gasteiger partial charge in [-0.1, -0.05) is 47.0 Å². The quantitative estimate of drug-likeness (QED) is 0.556. The first-order chi connectivity index (χ1) is 10.6. The van der Waals surface area contributed by atoms with Crippen LogP contribution in [0, 0.1) is 0 Å². The van der Waals surface area contributed by atoms with Crippen molar-refractivity contribution >= 4 is 40.8 Å². The van der Waals surface area contributed by atoms with E-state index in [9.17, 15) is 4.79 Å². The van der Waals surface area contributed by atoms with Crippen LogP contribution in [-0.2, 0) is 15.3 Å². The third kappa shape index (κ3) is 4.89. The van der Waals surface area contributed by atoms with E-state index >= 15 is 0 Å². The van der Waals surface area contributed by atoms with Gasteiger partial charge in [-0.05, 0) is 24.6 Å². The van der Waals surface area contributed by atoms with E-state index in [2.05, 4.69) is 10.2 Å². The Morgan fingerprint density at radius 3 is 2.55 bits per heavy atom. The summed E-state index contributed by atoms with van der Waals surface area (Å²) in [7, 11) is 3.04. The second-order valence-corrected chi connectivity index (χ2v) is 8.04. The SMILES string of the molecule is COC(=O)[C@H](C)Sc1nnc(SCc2ccc(OC)cc2)s1. The Balaban J connectivity index is 1.87. The van der Waals surface area contributed by atoms with Crippen molar-refractivity contribution < 1.29 is 14.3 Å². The molecule has 0 amide bonds. The lowest BCUT2D eigenvalue weighted by molar-refractivity contribution is -0.139. The molecule has 5 nitrogen and oxygen atoms in total. The Morgan fingerprint density at radius 1 is 1.23 bits per heavy atom. The summed E-state index contributed by atoms with van der Waals surface area (Å²) >= 11 is 4.48. The predicted molar refractivity (Wildman–Crippen MR) is 89.8 cm³/mol. The molecule has 0 fully saturated rings. The largest absolute Gasteiger partial charge is 0.497 e. The van der Waals surface area contributed by atoms with Crippen molar-refractivity contribution in [2.45, 2.75) is 26.6 Å². The minimum atomic E-state index is -0.280. The van der Waals surface area contributed by atoms with Crippen LogP contribution in [0.15, 0.2) is 32.9 Å². The van der Waals surface area contributed by atoms with Crippen LogP contribution in [0.5, 0.6) is 5.75 Å². The van der Waals surface area contributed by atoms with Gasteiger partial charge in [0.1, 0.15) is 11.0 Å². The van der Waals surface area contributed by atoms with Gasteiger partial charge in [-0.3, -0.25) is 4.79 Å². The molecule has 0 aliphatic rings. The van der Waals surface area contributed by atoms with Crippen molar-refractivity contribution in [2.24, 2.45) is 0 Å². The molecule has 0 saturated heterocycles. The molecule has 2 rings (SSSR count). The molecule has 1 aromatic heterocycles. The van der Waals surface area contributed by atoms with Gasteiger partial charge in [-0.25, -0.2) is 0 Å². The Hall–Kier alpha value is -1.25. The summed E-state index contributed by atoms with van der Waals surface area (Å²) in [6.07, 6.45) is 0. The number of ether oxygens (including phenoxy) is 2. The number of hydrogen-bond acceptors (Lipinski definition) is 8. The number of esters is 1. The molecular weight excluding hydrogens is 340 g/mol. The van der Waals surface area contributed by atoms with Crippen molar-refractivity contribution in [3.05, 3.63) is 29.8 Å². The van der Waals surface area contributed by atoms with Crippen LogP contribution in [0.4, 0.5) is 0 Å². The Kier molecular flexibility index (Phi) is 6.53. The van der Waals surface area contributed by atoms with Crippen LogP contribution in [-0.4, -0.2) is 35.6 Å². The second-order valence-electron chi connectivity index (χ2n) is 4.25. The first-order valence-corrected chi connectivity index (χ1v) is 9.14. The van der Waals surface area contributed by atoms with Gasteiger partial charge in [0, 0.05) is 5.75 Å². The molecule has 0 unspecified atom stereocenters. The summed E-state index contributed by atoms with van der Waals surface area (Å²) in [5.41, 5.74) is 1.19. The highest BCUT2D eigenvalue weighted by Crippen LogP contribution is 2.33. The van der Waals surface area contributed by atoms with Gasteiger partial charge < -0.3 is 9.47 Å². The summed E-state index contributed by atoms with van der Waals surface area (Å²) in [6, 6.07) is 7.94. The lowest BCUT2D eigenvalue weighted by atomic mass is 10.2. The number of hydrogen-bond donors (Lipinski definition) is 0. The highest BCUT2D eigenvalue weighted by molar-refractivity contribution is 8.03. The molecule has 1 aromatic carbocycles. The predicted octanol–water partition coefficient (Wildman–Crippen LogP) is 3.49. The molecule has 0 radical (unpaired) electrons. The first kappa shape index (κ1) is 17.1. The van der Waals surface area contributed by atoms with E-state index in [4.69, 9.17) is 9.47 Å². The molecule has 8 heteroatoms. The average Bonchev–Trinajstić information content (AvgIpc) is 3.00. The number of benzene rings is 1. The molecule has 1 heterocycles. The standard InChI is InChI=1S/C14H16N2O3S3/c1-9(12(17)19-3)21-14-16-15-13(22-14)20-8-10-4-6-11(18-2)7-5-10/h4-7,9H,8H2,1-3H3/t9-/m0/s1. The lowest BCUT2D eigenvalue weighted by Gasteiger charge is -2.04. The number of aromatic nitrogens is 2. The molecule has 0 aliphatic carbocycles. The fraction of sp³-hybridized carbons (Fsp3) is 0.357. The molecule has 0 bridgehead atoms. The number of carbonyl (C=O) groups excluding carboxylic acids is 1. The molecule has 0 saturated carbocycles. The molecule has 118 valence electrons.